The number of hydrogen-bond donors (Lipinski definition) is 0. The van der Waals surface area contributed by atoms with Crippen LogP contribution in [0, 0.1) is 10.1 Å². The molecule has 0 saturated carbocycles. The summed E-state index contributed by atoms with van der Waals surface area (Å²) in [4.78, 5) is 14.0. The van der Waals surface area contributed by atoms with Gasteiger partial charge in [0.1, 0.15) is 5.75 Å². The van der Waals surface area contributed by atoms with Crippen molar-refractivity contribution in [1.29, 1.82) is 0 Å². The summed E-state index contributed by atoms with van der Waals surface area (Å²) >= 11 is 9.22. The molecule has 0 N–H and O–H groups in total. The van der Waals surface area contributed by atoms with E-state index in [2.05, 4.69) is 20.9 Å². The molecule has 0 aliphatic rings. The molecule has 7 heteroatoms. The SMILES string of the molecule is O=[N+]([O-])c1ccnc(Oc2cc(Br)ccc2Cl)c1. The van der Waals surface area contributed by atoms with E-state index in [4.69, 9.17) is 16.3 Å². The van der Waals surface area contributed by atoms with Crippen LogP contribution in [0.2, 0.25) is 5.02 Å². The largest absolute Gasteiger partial charge is 0.437 e. The predicted octanol–water partition coefficient (Wildman–Crippen LogP) is 4.20. The fourth-order valence-electron chi connectivity index (χ4n) is 1.24. The smallest absolute Gasteiger partial charge is 0.276 e. The minimum atomic E-state index is -0.517. The first kappa shape index (κ1) is 12.8. The zero-order valence-corrected chi connectivity index (χ0v) is 11.2. The van der Waals surface area contributed by atoms with Crippen molar-refractivity contribution < 1.29 is 9.66 Å². The van der Waals surface area contributed by atoms with Crippen molar-refractivity contribution in [3.63, 3.8) is 0 Å². The molecule has 0 aliphatic carbocycles. The van der Waals surface area contributed by atoms with Gasteiger partial charge in [0.05, 0.1) is 16.0 Å². The van der Waals surface area contributed by atoms with Gasteiger partial charge in [-0.05, 0) is 18.2 Å². The van der Waals surface area contributed by atoms with Gasteiger partial charge >= 0.3 is 0 Å². The summed E-state index contributed by atoms with van der Waals surface area (Å²) in [5.41, 5.74) is -0.0916. The van der Waals surface area contributed by atoms with E-state index in [9.17, 15) is 10.1 Å². The standard InChI is InChI=1S/C11H6BrClN2O3/c12-7-1-2-9(13)10(5-7)18-11-6-8(15(16)17)3-4-14-11/h1-6H. The van der Waals surface area contributed by atoms with Gasteiger partial charge in [-0.3, -0.25) is 10.1 Å². The Labute approximate surface area is 116 Å². The Bertz CT molecular complexity index is 607. The number of rotatable bonds is 3. The zero-order chi connectivity index (χ0) is 13.1. The molecular formula is C11H6BrClN2O3. The van der Waals surface area contributed by atoms with Gasteiger partial charge < -0.3 is 4.74 Å². The van der Waals surface area contributed by atoms with Gasteiger partial charge in [-0.2, -0.15) is 0 Å². The number of nitro groups is 1. The van der Waals surface area contributed by atoms with E-state index in [-0.39, 0.29) is 11.6 Å². The van der Waals surface area contributed by atoms with E-state index in [1.165, 1.54) is 18.3 Å². The van der Waals surface area contributed by atoms with Crippen molar-refractivity contribution in [2.24, 2.45) is 0 Å². The quantitative estimate of drug-likeness (QED) is 0.625. The van der Waals surface area contributed by atoms with E-state index >= 15 is 0 Å². The fourth-order valence-corrected chi connectivity index (χ4v) is 1.73. The maximum absolute atomic E-state index is 10.6. The van der Waals surface area contributed by atoms with Crippen LogP contribution in [0.3, 0.4) is 0 Å². The normalized spacial score (nSPS) is 10.1. The zero-order valence-electron chi connectivity index (χ0n) is 8.84. The summed E-state index contributed by atoms with van der Waals surface area (Å²) < 4.78 is 6.19. The molecule has 1 aromatic carbocycles. The lowest BCUT2D eigenvalue weighted by Crippen LogP contribution is -1.92. The molecule has 5 nitrogen and oxygen atoms in total. The topological polar surface area (TPSA) is 65.3 Å². The number of nitrogens with zero attached hydrogens (tertiary/aromatic N) is 2. The van der Waals surface area contributed by atoms with Crippen LogP contribution in [-0.4, -0.2) is 9.91 Å². The minimum absolute atomic E-state index is 0.0916. The molecular weight excluding hydrogens is 323 g/mol. The Kier molecular flexibility index (Phi) is 3.78. The maximum Gasteiger partial charge on any atom is 0.276 e. The molecule has 1 heterocycles. The van der Waals surface area contributed by atoms with E-state index in [0.29, 0.717) is 10.8 Å². The lowest BCUT2D eigenvalue weighted by molar-refractivity contribution is -0.385. The highest BCUT2D eigenvalue weighted by Gasteiger charge is 2.10. The first-order chi connectivity index (χ1) is 8.56. The number of aromatic nitrogens is 1. The molecule has 2 aromatic rings. The highest BCUT2D eigenvalue weighted by molar-refractivity contribution is 9.10. The highest BCUT2D eigenvalue weighted by Crippen LogP contribution is 2.31. The molecule has 0 spiro atoms. The fraction of sp³-hybridized carbons (Fsp3) is 0. The molecule has 0 amide bonds. The van der Waals surface area contributed by atoms with Gasteiger partial charge in [0, 0.05) is 16.7 Å². The van der Waals surface area contributed by atoms with Gasteiger partial charge in [0.25, 0.3) is 5.69 Å². The third kappa shape index (κ3) is 2.96. The average Bonchev–Trinajstić information content (AvgIpc) is 2.34. The van der Waals surface area contributed by atoms with Gasteiger partial charge in [0.15, 0.2) is 0 Å². The van der Waals surface area contributed by atoms with Crippen molar-refractivity contribution in [2.75, 3.05) is 0 Å². The van der Waals surface area contributed by atoms with Crippen LogP contribution in [0.1, 0.15) is 0 Å². The number of pyridine rings is 1. The van der Waals surface area contributed by atoms with Crippen molar-refractivity contribution in [1.82, 2.24) is 4.98 Å². The lowest BCUT2D eigenvalue weighted by Gasteiger charge is -2.06. The number of hydrogen-bond acceptors (Lipinski definition) is 4. The summed E-state index contributed by atoms with van der Waals surface area (Å²) in [6.07, 6.45) is 1.30. The van der Waals surface area contributed by atoms with Crippen LogP contribution >= 0.6 is 27.5 Å². The van der Waals surface area contributed by atoms with Gasteiger partial charge in [-0.1, -0.05) is 27.5 Å². The van der Waals surface area contributed by atoms with Crippen molar-refractivity contribution in [3.05, 3.63) is 56.1 Å². The second kappa shape index (κ2) is 5.32. The van der Waals surface area contributed by atoms with E-state index in [1.807, 2.05) is 0 Å². The third-order valence-electron chi connectivity index (χ3n) is 2.04. The van der Waals surface area contributed by atoms with Gasteiger partial charge in [0.2, 0.25) is 5.88 Å². The van der Waals surface area contributed by atoms with Gasteiger partial charge in [-0.25, -0.2) is 4.98 Å². The summed E-state index contributed by atoms with van der Waals surface area (Å²) in [6.45, 7) is 0. The van der Waals surface area contributed by atoms with Crippen molar-refractivity contribution in [2.45, 2.75) is 0 Å². The van der Waals surface area contributed by atoms with Crippen LogP contribution in [0.4, 0.5) is 5.69 Å². The Morgan fingerprint density at radius 2 is 2.11 bits per heavy atom. The molecule has 1 aromatic heterocycles. The van der Waals surface area contributed by atoms with Gasteiger partial charge in [-0.15, -0.1) is 0 Å². The van der Waals surface area contributed by atoms with Crippen molar-refractivity contribution in [3.8, 4) is 11.6 Å². The van der Waals surface area contributed by atoms with Crippen LogP contribution in [0.25, 0.3) is 0 Å². The third-order valence-corrected chi connectivity index (χ3v) is 2.84. The molecule has 0 unspecified atom stereocenters. The molecule has 0 bridgehead atoms. The summed E-state index contributed by atoms with van der Waals surface area (Å²) in [6, 6.07) is 7.59. The molecule has 0 aliphatic heterocycles. The summed E-state index contributed by atoms with van der Waals surface area (Å²) in [5.74, 6) is 0.489. The second-order valence-corrected chi connectivity index (χ2v) is 4.61. The molecule has 0 saturated heterocycles. The molecule has 18 heavy (non-hydrogen) atoms. The Morgan fingerprint density at radius 3 is 2.83 bits per heavy atom. The summed E-state index contributed by atoms with van der Waals surface area (Å²) in [5, 5.41) is 11.0. The van der Waals surface area contributed by atoms with Crippen LogP contribution in [0.5, 0.6) is 11.6 Å². The molecule has 92 valence electrons. The maximum atomic E-state index is 10.6. The molecule has 2 rings (SSSR count). The Balaban J connectivity index is 2.31. The highest BCUT2D eigenvalue weighted by atomic mass is 79.9. The number of benzene rings is 1. The Hall–Kier alpha value is -1.66. The second-order valence-electron chi connectivity index (χ2n) is 3.29. The average molecular weight is 330 g/mol. The molecule has 0 fully saturated rings. The lowest BCUT2D eigenvalue weighted by atomic mass is 10.3. The van der Waals surface area contributed by atoms with Crippen LogP contribution < -0.4 is 4.74 Å². The van der Waals surface area contributed by atoms with Crippen LogP contribution in [0.15, 0.2) is 41.0 Å². The predicted molar refractivity (Wildman–Crippen MR) is 70.1 cm³/mol. The number of ether oxygens (including phenoxy) is 1. The minimum Gasteiger partial charge on any atom is -0.437 e. The molecule has 0 atom stereocenters. The van der Waals surface area contributed by atoms with E-state index in [1.54, 1.807) is 18.2 Å². The van der Waals surface area contributed by atoms with E-state index in [0.717, 1.165) is 4.47 Å². The van der Waals surface area contributed by atoms with Crippen molar-refractivity contribution >= 4 is 33.2 Å². The summed E-state index contributed by atoms with van der Waals surface area (Å²) in [7, 11) is 0. The molecule has 0 radical (unpaired) electrons. The first-order valence-corrected chi connectivity index (χ1v) is 5.97. The van der Waals surface area contributed by atoms with Crippen LogP contribution in [-0.2, 0) is 0 Å². The monoisotopic (exact) mass is 328 g/mol. The van der Waals surface area contributed by atoms with E-state index < -0.39 is 4.92 Å². The number of halogens is 2. The first-order valence-electron chi connectivity index (χ1n) is 4.79. The Morgan fingerprint density at radius 1 is 1.33 bits per heavy atom.